The first-order chi connectivity index (χ1) is 20.5. The van der Waals surface area contributed by atoms with Gasteiger partial charge < -0.3 is 14.4 Å². The summed E-state index contributed by atoms with van der Waals surface area (Å²) in [6.07, 6.45) is 34.8. The van der Waals surface area contributed by atoms with Crippen molar-refractivity contribution in [2.75, 3.05) is 26.2 Å². The molecule has 0 unspecified atom stereocenters. The van der Waals surface area contributed by atoms with Gasteiger partial charge in [0.15, 0.2) is 0 Å². The fraction of sp³-hybridized carbons (Fsp3) is 0.821. The smallest absolute Gasteiger partial charge is 0.0786 e. The van der Waals surface area contributed by atoms with Crippen molar-refractivity contribution in [3.63, 3.8) is 0 Å². The molecule has 0 radical (unpaired) electrons. The monoisotopic (exact) mass is 588 g/mol. The van der Waals surface area contributed by atoms with Crippen LogP contribution in [0.2, 0.25) is 0 Å². The highest BCUT2D eigenvalue weighted by Crippen LogP contribution is 2.20. The number of hydrogen-bond acceptors (Lipinski definition) is 2. The summed E-state index contributed by atoms with van der Waals surface area (Å²) in [6.45, 7) is 15.3. The van der Waals surface area contributed by atoms with Crippen molar-refractivity contribution in [2.24, 2.45) is 0 Å². The molecule has 0 heterocycles. The first kappa shape index (κ1) is 40.6. The Morgan fingerprint density at radius 1 is 0.452 bits per heavy atom. The van der Waals surface area contributed by atoms with Crippen LogP contribution in [-0.2, 0) is 0 Å². The summed E-state index contributed by atoms with van der Waals surface area (Å²) in [5, 5.41) is 10.1. The first-order valence-electron chi connectivity index (χ1n) is 18.7. The van der Waals surface area contributed by atoms with Gasteiger partial charge in [0.1, 0.15) is 0 Å². The number of unbranched alkanes of at least 4 members (excludes halogenated alkanes) is 20. The fourth-order valence-electron chi connectivity index (χ4n) is 6.16. The van der Waals surface area contributed by atoms with Crippen LogP contribution in [-0.4, -0.2) is 36.6 Å². The van der Waals surface area contributed by atoms with E-state index >= 15 is 0 Å². The molecule has 0 aromatic heterocycles. The molecule has 1 rings (SSSR count). The highest BCUT2D eigenvalue weighted by molar-refractivity contribution is 5.85. The molecule has 0 N–H and O–H groups in total. The molecule has 1 aromatic carbocycles. The minimum atomic E-state index is -1.13. The van der Waals surface area contributed by atoms with Gasteiger partial charge >= 0.3 is 0 Å². The predicted molar refractivity (Wildman–Crippen MR) is 184 cm³/mol. The zero-order chi connectivity index (χ0) is 31.0. The lowest BCUT2D eigenvalue weighted by atomic mass is 10.0. The van der Waals surface area contributed by atoms with Gasteiger partial charge in [-0.05, 0) is 56.9 Å². The van der Waals surface area contributed by atoms with E-state index in [0.717, 1.165) is 0 Å². The third kappa shape index (κ3) is 25.2. The molecule has 0 spiro atoms. The molecule has 0 atom stereocenters. The standard InChI is InChI=1S/C32H68N.C7H6O2/c1-5-9-13-17-21-25-29-33(30-26-22-18-14-10-6-2,31-27-23-19-15-11-7-3)32-28-24-20-16-12-8-4;8-7(9)6-4-2-1-3-5-6/h5-32H2,1-4H3;1-5H,(H,8,9)/q+1;/p-1. The van der Waals surface area contributed by atoms with Gasteiger partial charge in [0, 0.05) is 0 Å². The number of hydrogen-bond donors (Lipinski definition) is 0. The Morgan fingerprint density at radius 3 is 0.952 bits per heavy atom. The number of carbonyl (C=O) groups excluding carboxylic acids is 1. The number of benzene rings is 1. The Balaban J connectivity index is 0.00000157. The molecular weight excluding hydrogens is 514 g/mol. The Hall–Kier alpha value is -1.35. The Kier molecular flexibility index (Phi) is 30.1. The zero-order valence-corrected chi connectivity index (χ0v) is 28.9. The molecule has 0 saturated heterocycles. The largest absolute Gasteiger partial charge is 0.545 e. The average molecular weight is 588 g/mol. The number of rotatable bonds is 29. The summed E-state index contributed by atoms with van der Waals surface area (Å²) in [6, 6.07) is 8.06. The van der Waals surface area contributed by atoms with E-state index in [0.29, 0.717) is 0 Å². The minimum Gasteiger partial charge on any atom is -0.545 e. The average Bonchev–Trinajstić information content (AvgIpc) is 3.01. The molecule has 3 heteroatoms. The molecule has 42 heavy (non-hydrogen) atoms. The molecule has 0 aliphatic carbocycles. The lowest BCUT2D eigenvalue weighted by molar-refractivity contribution is -0.929. The van der Waals surface area contributed by atoms with Crippen LogP contribution >= 0.6 is 0 Å². The number of carboxylic acids is 1. The van der Waals surface area contributed by atoms with Crippen molar-refractivity contribution in [3.8, 4) is 0 Å². The fourth-order valence-corrected chi connectivity index (χ4v) is 6.16. The van der Waals surface area contributed by atoms with Gasteiger partial charge in [-0.25, -0.2) is 0 Å². The van der Waals surface area contributed by atoms with Gasteiger partial charge in [-0.1, -0.05) is 161 Å². The summed E-state index contributed by atoms with van der Waals surface area (Å²) in [4.78, 5) is 10.1. The lowest BCUT2D eigenvalue weighted by Crippen LogP contribution is -2.50. The summed E-state index contributed by atoms with van der Waals surface area (Å²) in [5.41, 5.74) is 0.220. The summed E-state index contributed by atoms with van der Waals surface area (Å²) >= 11 is 0. The number of quaternary nitrogens is 1. The highest BCUT2D eigenvalue weighted by Gasteiger charge is 2.25. The van der Waals surface area contributed by atoms with Gasteiger partial charge in [0.05, 0.1) is 32.1 Å². The molecule has 0 bridgehead atoms. The summed E-state index contributed by atoms with van der Waals surface area (Å²) < 4.78 is 1.48. The lowest BCUT2D eigenvalue weighted by Gasteiger charge is -2.40. The quantitative estimate of drug-likeness (QED) is 0.0691. The summed E-state index contributed by atoms with van der Waals surface area (Å²) in [5.74, 6) is -1.13. The van der Waals surface area contributed by atoms with Gasteiger partial charge in [0.25, 0.3) is 0 Å². The van der Waals surface area contributed by atoms with E-state index in [1.807, 2.05) is 0 Å². The summed E-state index contributed by atoms with van der Waals surface area (Å²) in [7, 11) is 0. The van der Waals surface area contributed by atoms with E-state index in [-0.39, 0.29) is 5.56 Å². The molecule has 3 nitrogen and oxygen atoms in total. The maximum absolute atomic E-state index is 10.1. The first-order valence-corrected chi connectivity index (χ1v) is 18.7. The van der Waals surface area contributed by atoms with E-state index in [9.17, 15) is 9.90 Å². The van der Waals surface area contributed by atoms with E-state index in [2.05, 4.69) is 27.7 Å². The normalized spacial score (nSPS) is 11.3. The second-order valence-electron chi connectivity index (χ2n) is 13.0. The van der Waals surface area contributed by atoms with Crippen LogP contribution in [0.5, 0.6) is 0 Å². The Bertz CT molecular complexity index is 605. The molecule has 0 saturated carbocycles. The van der Waals surface area contributed by atoms with Crippen molar-refractivity contribution in [2.45, 2.75) is 182 Å². The molecule has 0 fully saturated rings. The topological polar surface area (TPSA) is 40.1 Å². The van der Waals surface area contributed by atoms with E-state index in [4.69, 9.17) is 0 Å². The third-order valence-electron chi connectivity index (χ3n) is 8.95. The van der Waals surface area contributed by atoms with Crippen LogP contribution in [0.1, 0.15) is 192 Å². The van der Waals surface area contributed by atoms with Crippen LogP contribution in [0.3, 0.4) is 0 Å². The van der Waals surface area contributed by atoms with Gasteiger partial charge in [0.2, 0.25) is 0 Å². The van der Waals surface area contributed by atoms with Gasteiger partial charge in [-0.3, -0.25) is 0 Å². The number of carbonyl (C=O) groups is 1. The predicted octanol–water partition coefficient (Wildman–Crippen LogP) is 11.3. The van der Waals surface area contributed by atoms with Crippen LogP contribution in [0.15, 0.2) is 30.3 Å². The molecule has 0 aliphatic rings. The van der Waals surface area contributed by atoms with Crippen molar-refractivity contribution >= 4 is 5.97 Å². The van der Waals surface area contributed by atoms with Crippen molar-refractivity contribution < 1.29 is 14.4 Å². The Labute approximate surface area is 263 Å². The second kappa shape index (κ2) is 31.1. The Morgan fingerprint density at radius 2 is 0.714 bits per heavy atom. The minimum absolute atomic E-state index is 0.220. The van der Waals surface area contributed by atoms with Crippen molar-refractivity contribution in [1.29, 1.82) is 0 Å². The van der Waals surface area contributed by atoms with Gasteiger partial charge in [-0.15, -0.1) is 0 Å². The number of aromatic carboxylic acids is 1. The van der Waals surface area contributed by atoms with E-state index in [1.54, 1.807) is 18.2 Å². The third-order valence-corrected chi connectivity index (χ3v) is 8.95. The van der Waals surface area contributed by atoms with E-state index in [1.165, 1.54) is 197 Å². The molecule has 0 aliphatic heterocycles. The van der Waals surface area contributed by atoms with Crippen LogP contribution in [0.4, 0.5) is 0 Å². The molecule has 0 amide bonds. The van der Waals surface area contributed by atoms with Crippen molar-refractivity contribution in [1.82, 2.24) is 0 Å². The van der Waals surface area contributed by atoms with E-state index < -0.39 is 5.97 Å². The zero-order valence-electron chi connectivity index (χ0n) is 28.9. The SMILES string of the molecule is CCCCCCCC[N+](CCCCCCCC)(CCCCCCCC)CCCCCCCC.O=C([O-])c1ccccc1. The number of carboxylic acid groups (broad SMARTS) is 1. The van der Waals surface area contributed by atoms with Gasteiger partial charge in [-0.2, -0.15) is 0 Å². The maximum Gasteiger partial charge on any atom is 0.0786 e. The highest BCUT2D eigenvalue weighted by atomic mass is 16.4. The molecule has 246 valence electrons. The molecule has 1 aromatic rings. The van der Waals surface area contributed by atoms with Crippen LogP contribution in [0.25, 0.3) is 0 Å². The second-order valence-corrected chi connectivity index (χ2v) is 13.0. The van der Waals surface area contributed by atoms with Crippen LogP contribution < -0.4 is 5.11 Å². The van der Waals surface area contributed by atoms with Crippen molar-refractivity contribution in [3.05, 3.63) is 35.9 Å². The number of nitrogens with zero attached hydrogens (tertiary/aromatic N) is 1. The van der Waals surface area contributed by atoms with Crippen LogP contribution in [0, 0.1) is 0 Å². The maximum atomic E-state index is 10.1. The molecular formula is C39H73NO2.